The molecule has 0 bridgehead atoms. The van der Waals surface area contributed by atoms with Gasteiger partial charge in [0.05, 0.1) is 21.2 Å². The Morgan fingerprint density at radius 2 is 1.22 bits per heavy atom. The van der Waals surface area contributed by atoms with Crippen LogP contribution < -0.4 is 10.6 Å². The molecule has 1 aliphatic rings. The van der Waals surface area contributed by atoms with E-state index in [0.29, 0.717) is 12.8 Å². The predicted octanol–water partition coefficient (Wildman–Crippen LogP) is 4.35. The van der Waals surface area contributed by atoms with Crippen LogP contribution in [0.15, 0.2) is 36.4 Å². The smallest absolute Gasteiger partial charge is 0.254 e. The molecule has 0 aromatic heterocycles. The summed E-state index contributed by atoms with van der Waals surface area (Å²) in [5.74, 6) is -2.82. The van der Waals surface area contributed by atoms with Crippen LogP contribution in [0.3, 0.4) is 0 Å². The molecule has 0 spiro atoms. The Bertz CT molecular complexity index is 821. The summed E-state index contributed by atoms with van der Waals surface area (Å²) in [6.45, 7) is 0. The van der Waals surface area contributed by atoms with Gasteiger partial charge in [0, 0.05) is 12.1 Å². The van der Waals surface area contributed by atoms with E-state index in [1.807, 2.05) is 0 Å². The minimum atomic E-state index is -0.795. The van der Waals surface area contributed by atoms with E-state index in [0.717, 1.165) is 6.42 Å². The second-order valence-electron chi connectivity index (χ2n) is 6.29. The molecule has 1 fully saturated rings. The van der Waals surface area contributed by atoms with Crippen LogP contribution in [0.25, 0.3) is 0 Å². The minimum Gasteiger partial charge on any atom is -0.347 e. The second-order valence-corrected chi connectivity index (χ2v) is 7.11. The highest BCUT2D eigenvalue weighted by molar-refractivity contribution is 6.31. The lowest BCUT2D eigenvalue weighted by Crippen LogP contribution is -2.48. The standard InChI is InChI=1S/C19H16Cl2F2N2O2/c20-12-6-1-4-10(16(12)22)18(26)24-14-8-3-9-15(14)25-19(27)11-5-2-7-13(21)17(11)23/h1-2,4-7,14-15H,3,8-9H2,(H,24,26)(H,25,27). The average Bonchev–Trinajstić information content (AvgIpc) is 3.06. The van der Waals surface area contributed by atoms with Gasteiger partial charge in [-0.15, -0.1) is 0 Å². The zero-order valence-electron chi connectivity index (χ0n) is 14.1. The molecule has 4 nitrogen and oxygen atoms in total. The van der Waals surface area contributed by atoms with Crippen LogP contribution in [0.1, 0.15) is 40.0 Å². The lowest BCUT2D eigenvalue weighted by Gasteiger charge is -2.22. The van der Waals surface area contributed by atoms with Crippen LogP contribution in [0.2, 0.25) is 10.0 Å². The van der Waals surface area contributed by atoms with Gasteiger partial charge in [-0.3, -0.25) is 9.59 Å². The van der Waals surface area contributed by atoms with E-state index in [2.05, 4.69) is 10.6 Å². The molecule has 0 aliphatic heterocycles. The predicted molar refractivity (Wildman–Crippen MR) is 99.2 cm³/mol. The Balaban J connectivity index is 1.70. The molecule has 0 heterocycles. The lowest BCUT2D eigenvalue weighted by atomic mass is 10.1. The number of carbonyl (C=O) groups excluding carboxylic acids is 2. The van der Waals surface area contributed by atoms with Crippen molar-refractivity contribution in [1.29, 1.82) is 0 Å². The highest BCUT2D eigenvalue weighted by Gasteiger charge is 2.31. The Hall–Kier alpha value is -2.18. The number of hydrogen-bond donors (Lipinski definition) is 2. The Morgan fingerprint density at radius 1 is 0.815 bits per heavy atom. The van der Waals surface area contributed by atoms with E-state index in [4.69, 9.17) is 23.2 Å². The summed E-state index contributed by atoms with van der Waals surface area (Å²) in [6, 6.07) is 7.54. The first-order valence-corrected chi connectivity index (χ1v) is 9.14. The summed E-state index contributed by atoms with van der Waals surface area (Å²) < 4.78 is 28.0. The maximum atomic E-state index is 14.0. The highest BCUT2D eigenvalue weighted by atomic mass is 35.5. The molecule has 0 radical (unpaired) electrons. The van der Waals surface area contributed by atoms with Gasteiger partial charge in [-0.2, -0.15) is 0 Å². The molecule has 3 rings (SSSR count). The Morgan fingerprint density at radius 3 is 1.63 bits per heavy atom. The number of nitrogens with one attached hydrogen (secondary N) is 2. The Kier molecular flexibility index (Phi) is 5.97. The molecule has 27 heavy (non-hydrogen) atoms. The lowest BCUT2D eigenvalue weighted by molar-refractivity contribution is 0.0887. The number of halogens is 4. The van der Waals surface area contributed by atoms with Gasteiger partial charge in [0.25, 0.3) is 11.8 Å². The molecule has 0 saturated heterocycles. The molecule has 2 unspecified atom stereocenters. The van der Waals surface area contributed by atoms with Crippen molar-refractivity contribution in [1.82, 2.24) is 10.6 Å². The van der Waals surface area contributed by atoms with Gasteiger partial charge < -0.3 is 10.6 Å². The number of amides is 2. The molecular formula is C19H16Cl2F2N2O2. The molecular weight excluding hydrogens is 397 g/mol. The summed E-state index contributed by atoms with van der Waals surface area (Å²) in [7, 11) is 0. The van der Waals surface area contributed by atoms with E-state index < -0.39 is 35.5 Å². The van der Waals surface area contributed by atoms with Crippen molar-refractivity contribution in [2.24, 2.45) is 0 Å². The van der Waals surface area contributed by atoms with Crippen LogP contribution in [-0.2, 0) is 0 Å². The van der Waals surface area contributed by atoms with Crippen molar-refractivity contribution in [3.8, 4) is 0 Å². The normalized spacial score (nSPS) is 19.0. The van der Waals surface area contributed by atoms with Gasteiger partial charge in [0.1, 0.15) is 0 Å². The van der Waals surface area contributed by atoms with Crippen molar-refractivity contribution >= 4 is 35.0 Å². The topological polar surface area (TPSA) is 58.2 Å². The molecule has 1 saturated carbocycles. The summed E-state index contributed by atoms with van der Waals surface area (Å²) >= 11 is 11.4. The summed E-state index contributed by atoms with van der Waals surface area (Å²) in [4.78, 5) is 24.7. The maximum absolute atomic E-state index is 14.0. The van der Waals surface area contributed by atoms with Crippen LogP contribution in [0.4, 0.5) is 8.78 Å². The maximum Gasteiger partial charge on any atom is 0.254 e. The summed E-state index contributed by atoms with van der Waals surface area (Å²) in [5, 5.41) is 5.16. The van der Waals surface area contributed by atoms with Crippen molar-refractivity contribution in [2.75, 3.05) is 0 Å². The van der Waals surface area contributed by atoms with Crippen LogP contribution in [0.5, 0.6) is 0 Å². The third-order valence-electron chi connectivity index (χ3n) is 4.54. The van der Waals surface area contributed by atoms with Crippen LogP contribution in [0, 0.1) is 11.6 Å². The number of rotatable bonds is 4. The molecule has 2 aromatic rings. The van der Waals surface area contributed by atoms with E-state index >= 15 is 0 Å². The number of benzene rings is 2. The van der Waals surface area contributed by atoms with Gasteiger partial charge >= 0.3 is 0 Å². The highest BCUT2D eigenvalue weighted by Crippen LogP contribution is 2.23. The van der Waals surface area contributed by atoms with Crippen LogP contribution >= 0.6 is 23.2 Å². The summed E-state index contributed by atoms with van der Waals surface area (Å²) in [6.07, 6.45) is 1.97. The monoisotopic (exact) mass is 412 g/mol. The van der Waals surface area contributed by atoms with Crippen molar-refractivity contribution < 1.29 is 18.4 Å². The first kappa shape index (κ1) is 19.6. The van der Waals surface area contributed by atoms with Crippen molar-refractivity contribution in [3.63, 3.8) is 0 Å². The van der Waals surface area contributed by atoms with Gasteiger partial charge in [-0.1, -0.05) is 35.3 Å². The molecule has 1 aliphatic carbocycles. The molecule has 2 atom stereocenters. The fourth-order valence-electron chi connectivity index (χ4n) is 3.16. The van der Waals surface area contributed by atoms with Gasteiger partial charge in [0.15, 0.2) is 11.6 Å². The first-order valence-electron chi connectivity index (χ1n) is 8.38. The molecule has 2 aromatic carbocycles. The molecule has 142 valence electrons. The quantitative estimate of drug-likeness (QED) is 0.783. The largest absolute Gasteiger partial charge is 0.347 e. The van der Waals surface area contributed by atoms with E-state index in [1.165, 1.54) is 36.4 Å². The van der Waals surface area contributed by atoms with Crippen LogP contribution in [-0.4, -0.2) is 23.9 Å². The zero-order chi connectivity index (χ0) is 19.6. The molecule has 2 amide bonds. The fourth-order valence-corrected chi connectivity index (χ4v) is 3.51. The minimum absolute atomic E-state index is 0.143. The molecule has 8 heteroatoms. The zero-order valence-corrected chi connectivity index (χ0v) is 15.6. The second kappa shape index (κ2) is 8.23. The van der Waals surface area contributed by atoms with Gasteiger partial charge in [-0.25, -0.2) is 8.78 Å². The van der Waals surface area contributed by atoms with Crippen molar-refractivity contribution in [2.45, 2.75) is 31.3 Å². The third kappa shape index (κ3) is 4.22. The SMILES string of the molecule is O=C(NC1CCCC1NC(=O)c1cccc(Cl)c1F)c1cccc(Cl)c1F. The first-order chi connectivity index (χ1) is 12.9. The van der Waals surface area contributed by atoms with E-state index in [9.17, 15) is 18.4 Å². The van der Waals surface area contributed by atoms with Gasteiger partial charge in [0.2, 0.25) is 0 Å². The van der Waals surface area contributed by atoms with E-state index in [-0.39, 0.29) is 21.2 Å². The number of hydrogen-bond acceptors (Lipinski definition) is 2. The van der Waals surface area contributed by atoms with Crippen molar-refractivity contribution in [3.05, 3.63) is 69.2 Å². The summed E-state index contributed by atoms with van der Waals surface area (Å²) in [5.41, 5.74) is -0.333. The average molecular weight is 413 g/mol. The number of carbonyl (C=O) groups is 2. The Labute approximate surface area is 164 Å². The fraction of sp³-hybridized carbons (Fsp3) is 0.263. The third-order valence-corrected chi connectivity index (χ3v) is 5.13. The van der Waals surface area contributed by atoms with E-state index in [1.54, 1.807) is 0 Å². The molecule has 2 N–H and O–H groups in total. The van der Waals surface area contributed by atoms with Gasteiger partial charge in [-0.05, 0) is 43.5 Å².